The molecule has 2 rings (SSSR count). The normalized spacial score (nSPS) is 10.5. The van der Waals surface area contributed by atoms with Crippen molar-refractivity contribution in [3.63, 3.8) is 0 Å². The molecule has 0 aliphatic carbocycles. The Morgan fingerprint density at radius 1 is 1.36 bits per heavy atom. The number of carboxylic acid groups (broad SMARTS) is 1. The number of halogens is 1. The Balaban J connectivity index is 2.04. The molecule has 0 aliphatic heterocycles. The molecule has 0 saturated heterocycles. The Kier molecular flexibility index (Phi) is 5.16. The van der Waals surface area contributed by atoms with Crippen LogP contribution in [0.25, 0.3) is 11.3 Å². The maximum absolute atomic E-state index is 12.2. The molecule has 0 atom stereocenters. The summed E-state index contributed by atoms with van der Waals surface area (Å²) >= 11 is 5.91. The van der Waals surface area contributed by atoms with E-state index in [1.807, 2.05) is 0 Å². The summed E-state index contributed by atoms with van der Waals surface area (Å²) in [7, 11) is 1.60. The van der Waals surface area contributed by atoms with Gasteiger partial charge in [0.15, 0.2) is 11.5 Å². The maximum Gasteiger partial charge on any atom is 0.303 e. The van der Waals surface area contributed by atoms with Gasteiger partial charge >= 0.3 is 5.97 Å². The fourth-order valence-electron chi connectivity index (χ4n) is 1.92. The van der Waals surface area contributed by atoms with Crippen LogP contribution in [0.3, 0.4) is 0 Å². The number of carboxylic acids is 1. The summed E-state index contributed by atoms with van der Waals surface area (Å²) in [5.41, 5.74) is 0.903. The number of aliphatic carboxylic acids is 1. The van der Waals surface area contributed by atoms with Crippen LogP contribution in [0.15, 0.2) is 34.9 Å². The van der Waals surface area contributed by atoms with Crippen LogP contribution >= 0.6 is 11.6 Å². The van der Waals surface area contributed by atoms with E-state index in [1.54, 1.807) is 37.4 Å². The molecule has 1 N–H and O–H groups in total. The first-order chi connectivity index (χ1) is 10.5. The van der Waals surface area contributed by atoms with E-state index in [2.05, 4.69) is 5.16 Å². The van der Waals surface area contributed by atoms with Gasteiger partial charge in [-0.05, 0) is 18.6 Å². The average Bonchev–Trinajstić information content (AvgIpc) is 2.95. The zero-order valence-corrected chi connectivity index (χ0v) is 12.7. The second-order valence-corrected chi connectivity index (χ2v) is 5.25. The number of rotatable bonds is 6. The molecule has 0 spiro atoms. The number of nitrogens with zero attached hydrogens (tertiary/aromatic N) is 2. The fraction of sp³-hybridized carbons (Fsp3) is 0.267. The molecule has 116 valence electrons. The smallest absolute Gasteiger partial charge is 0.303 e. The molecule has 22 heavy (non-hydrogen) atoms. The highest BCUT2D eigenvalue weighted by atomic mass is 35.5. The molecule has 0 aliphatic rings. The SMILES string of the molecule is CN(CCCC(=O)O)C(=O)c1cc(-c2cccc(Cl)c2)on1. The molecular formula is C15H15ClN2O4. The summed E-state index contributed by atoms with van der Waals surface area (Å²) in [4.78, 5) is 24.0. The summed E-state index contributed by atoms with van der Waals surface area (Å²) in [5, 5.41) is 12.9. The quantitative estimate of drug-likeness (QED) is 0.884. The van der Waals surface area contributed by atoms with Gasteiger partial charge in [-0.1, -0.05) is 28.9 Å². The van der Waals surface area contributed by atoms with Crippen LogP contribution in [-0.4, -0.2) is 40.6 Å². The number of carbonyl (C=O) groups is 2. The van der Waals surface area contributed by atoms with E-state index in [0.717, 1.165) is 5.56 Å². The van der Waals surface area contributed by atoms with E-state index >= 15 is 0 Å². The monoisotopic (exact) mass is 322 g/mol. The fourth-order valence-corrected chi connectivity index (χ4v) is 2.11. The molecular weight excluding hydrogens is 308 g/mol. The van der Waals surface area contributed by atoms with E-state index in [4.69, 9.17) is 21.2 Å². The molecule has 1 amide bonds. The summed E-state index contributed by atoms with van der Waals surface area (Å²) < 4.78 is 5.17. The first-order valence-corrected chi connectivity index (χ1v) is 7.05. The van der Waals surface area contributed by atoms with Crippen molar-refractivity contribution in [3.05, 3.63) is 41.0 Å². The van der Waals surface area contributed by atoms with Gasteiger partial charge in [-0.25, -0.2) is 0 Å². The Morgan fingerprint density at radius 2 is 2.14 bits per heavy atom. The molecule has 1 aromatic heterocycles. The predicted octanol–water partition coefficient (Wildman–Crippen LogP) is 2.93. The molecule has 0 bridgehead atoms. The minimum Gasteiger partial charge on any atom is -0.481 e. The van der Waals surface area contributed by atoms with Crippen LogP contribution in [0, 0.1) is 0 Å². The van der Waals surface area contributed by atoms with Crippen LogP contribution in [-0.2, 0) is 4.79 Å². The summed E-state index contributed by atoms with van der Waals surface area (Å²) in [6.45, 7) is 0.338. The second-order valence-electron chi connectivity index (χ2n) is 4.81. The molecule has 1 heterocycles. The van der Waals surface area contributed by atoms with Gasteiger partial charge in [0.1, 0.15) is 0 Å². The zero-order chi connectivity index (χ0) is 16.1. The molecule has 0 unspecified atom stereocenters. The summed E-state index contributed by atoms with van der Waals surface area (Å²) in [6, 6.07) is 8.58. The predicted molar refractivity (Wildman–Crippen MR) is 80.8 cm³/mol. The molecule has 0 saturated carbocycles. The molecule has 6 nitrogen and oxygen atoms in total. The third-order valence-electron chi connectivity index (χ3n) is 3.07. The average molecular weight is 323 g/mol. The minimum absolute atomic E-state index is 0.0181. The molecule has 1 aromatic carbocycles. The molecule has 7 heteroatoms. The summed E-state index contributed by atoms with van der Waals surface area (Å²) in [5.74, 6) is -0.752. The van der Waals surface area contributed by atoms with Gasteiger partial charge in [0.05, 0.1) is 0 Å². The van der Waals surface area contributed by atoms with Crippen LogP contribution in [0.5, 0.6) is 0 Å². The Labute approximate surface area is 132 Å². The molecule has 0 radical (unpaired) electrons. The summed E-state index contributed by atoms with van der Waals surface area (Å²) in [6.07, 6.45) is 0.404. The highest BCUT2D eigenvalue weighted by Gasteiger charge is 2.17. The standard InChI is InChI=1S/C15H15ClN2O4/c1-18(7-3-6-14(19)20)15(21)12-9-13(22-17-12)10-4-2-5-11(16)8-10/h2,4-5,8-9H,3,6-7H2,1H3,(H,19,20). The van der Waals surface area contributed by atoms with Gasteiger partial charge in [-0.3, -0.25) is 9.59 Å². The van der Waals surface area contributed by atoms with E-state index in [0.29, 0.717) is 23.7 Å². The van der Waals surface area contributed by atoms with Gasteiger partial charge in [0.25, 0.3) is 5.91 Å². The van der Waals surface area contributed by atoms with Gasteiger partial charge in [0.2, 0.25) is 0 Å². The Morgan fingerprint density at radius 3 is 2.82 bits per heavy atom. The Hall–Kier alpha value is -2.34. The topological polar surface area (TPSA) is 83.6 Å². The van der Waals surface area contributed by atoms with E-state index in [1.165, 1.54) is 4.90 Å². The van der Waals surface area contributed by atoms with E-state index in [-0.39, 0.29) is 18.0 Å². The van der Waals surface area contributed by atoms with Crippen molar-refractivity contribution in [3.8, 4) is 11.3 Å². The lowest BCUT2D eigenvalue weighted by Crippen LogP contribution is -2.28. The molecule has 2 aromatic rings. The number of hydrogen-bond donors (Lipinski definition) is 1. The van der Waals surface area contributed by atoms with Crippen molar-refractivity contribution in [2.24, 2.45) is 0 Å². The number of hydrogen-bond acceptors (Lipinski definition) is 4. The van der Waals surface area contributed by atoms with E-state index < -0.39 is 5.97 Å². The van der Waals surface area contributed by atoms with Crippen molar-refractivity contribution >= 4 is 23.5 Å². The number of benzene rings is 1. The van der Waals surface area contributed by atoms with Gasteiger partial charge in [-0.2, -0.15) is 0 Å². The molecule has 0 fully saturated rings. The van der Waals surface area contributed by atoms with Crippen LogP contribution in [0.4, 0.5) is 0 Å². The van der Waals surface area contributed by atoms with Gasteiger partial charge in [-0.15, -0.1) is 0 Å². The third kappa shape index (κ3) is 4.08. The highest BCUT2D eigenvalue weighted by Crippen LogP contribution is 2.23. The highest BCUT2D eigenvalue weighted by molar-refractivity contribution is 6.30. The minimum atomic E-state index is -0.884. The van der Waals surface area contributed by atoms with Crippen molar-refractivity contribution in [2.45, 2.75) is 12.8 Å². The van der Waals surface area contributed by atoms with Crippen LogP contribution in [0.2, 0.25) is 5.02 Å². The lowest BCUT2D eigenvalue weighted by molar-refractivity contribution is -0.137. The van der Waals surface area contributed by atoms with Crippen LogP contribution in [0.1, 0.15) is 23.3 Å². The van der Waals surface area contributed by atoms with Crippen LogP contribution < -0.4 is 0 Å². The lowest BCUT2D eigenvalue weighted by atomic mass is 10.1. The maximum atomic E-state index is 12.2. The largest absolute Gasteiger partial charge is 0.481 e. The van der Waals surface area contributed by atoms with Gasteiger partial charge in [0, 0.05) is 36.7 Å². The number of amides is 1. The van der Waals surface area contributed by atoms with Crippen molar-refractivity contribution in [1.82, 2.24) is 10.1 Å². The third-order valence-corrected chi connectivity index (χ3v) is 3.30. The zero-order valence-electron chi connectivity index (χ0n) is 12.0. The van der Waals surface area contributed by atoms with Crippen molar-refractivity contribution < 1.29 is 19.2 Å². The van der Waals surface area contributed by atoms with Crippen molar-refractivity contribution in [1.29, 1.82) is 0 Å². The Bertz CT molecular complexity index is 684. The van der Waals surface area contributed by atoms with Crippen molar-refractivity contribution in [2.75, 3.05) is 13.6 Å². The van der Waals surface area contributed by atoms with Gasteiger partial charge < -0.3 is 14.5 Å². The lowest BCUT2D eigenvalue weighted by Gasteiger charge is -2.14. The first-order valence-electron chi connectivity index (χ1n) is 6.67. The second kappa shape index (κ2) is 7.09. The van der Waals surface area contributed by atoms with E-state index in [9.17, 15) is 9.59 Å². The number of carbonyl (C=O) groups excluding carboxylic acids is 1. The number of aromatic nitrogens is 1. The first kappa shape index (κ1) is 16.0.